The molecule has 0 amide bonds. The van der Waals surface area contributed by atoms with Crippen molar-refractivity contribution >= 4 is 22.7 Å². The SMILES string of the molecule is Fc1ccc2c(c1)C(NCc1cccc3cccnc13)CCS2. The summed E-state index contributed by atoms with van der Waals surface area (Å²) < 4.78 is 13.6. The molecule has 0 spiro atoms. The van der Waals surface area contributed by atoms with Crippen LogP contribution in [0.25, 0.3) is 10.9 Å². The average Bonchev–Trinajstić information content (AvgIpc) is 2.60. The molecule has 1 aliphatic rings. The maximum Gasteiger partial charge on any atom is 0.123 e. The lowest BCUT2D eigenvalue weighted by Gasteiger charge is -2.26. The van der Waals surface area contributed by atoms with Gasteiger partial charge in [0.05, 0.1) is 5.52 Å². The molecule has 0 fully saturated rings. The van der Waals surface area contributed by atoms with Crippen LogP contribution in [-0.4, -0.2) is 10.7 Å². The Bertz CT molecular complexity index is 844. The molecule has 0 radical (unpaired) electrons. The maximum atomic E-state index is 13.6. The lowest BCUT2D eigenvalue weighted by Crippen LogP contribution is -2.24. The summed E-state index contributed by atoms with van der Waals surface area (Å²) in [6, 6.07) is 15.6. The number of nitrogens with one attached hydrogen (secondary N) is 1. The Kier molecular flexibility index (Phi) is 4.02. The fourth-order valence-corrected chi connectivity index (χ4v) is 4.23. The molecular formula is C19H17FN2S. The molecule has 23 heavy (non-hydrogen) atoms. The summed E-state index contributed by atoms with van der Waals surface area (Å²) in [6.45, 7) is 0.736. The van der Waals surface area contributed by atoms with Gasteiger partial charge in [0.15, 0.2) is 0 Å². The molecule has 0 bridgehead atoms. The van der Waals surface area contributed by atoms with Crippen LogP contribution in [0.5, 0.6) is 0 Å². The van der Waals surface area contributed by atoms with Gasteiger partial charge in [0.2, 0.25) is 0 Å². The number of fused-ring (bicyclic) bond motifs is 2. The van der Waals surface area contributed by atoms with Crippen LogP contribution in [0.15, 0.2) is 59.6 Å². The van der Waals surface area contributed by atoms with E-state index in [1.54, 1.807) is 23.9 Å². The highest BCUT2D eigenvalue weighted by molar-refractivity contribution is 7.99. The second kappa shape index (κ2) is 6.30. The van der Waals surface area contributed by atoms with E-state index in [4.69, 9.17) is 0 Å². The molecule has 0 saturated carbocycles. The minimum Gasteiger partial charge on any atom is -0.306 e. The molecule has 1 aromatic heterocycles. The molecule has 0 saturated heterocycles. The van der Waals surface area contributed by atoms with Crippen LogP contribution >= 0.6 is 11.8 Å². The van der Waals surface area contributed by atoms with Gasteiger partial charge >= 0.3 is 0 Å². The molecule has 1 atom stereocenters. The van der Waals surface area contributed by atoms with Crippen LogP contribution in [0.3, 0.4) is 0 Å². The van der Waals surface area contributed by atoms with E-state index in [1.165, 1.54) is 10.5 Å². The minimum atomic E-state index is -0.162. The lowest BCUT2D eigenvalue weighted by atomic mass is 10.0. The normalized spacial score (nSPS) is 17.2. The first kappa shape index (κ1) is 14.7. The van der Waals surface area contributed by atoms with Gasteiger partial charge in [-0.05, 0) is 47.6 Å². The molecule has 1 unspecified atom stereocenters. The van der Waals surface area contributed by atoms with Gasteiger partial charge in [-0.3, -0.25) is 4.98 Å². The highest BCUT2D eigenvalue weighted by Crippen LogP contribution is 2.36. The second-order valence-corrected chi connectivity index (χ2v) is 6.88. The largest absolute Gasteiger partial charge is 0.306 e. The summed E-state index contributed by atoms with van der Waals surface area (Å²) in [5.74, 6) is 0.897. The van der Waals surface area contributed by atoms with Crippen LogP contribution in [0.4, 0.5) is 4.39 Å². The minimum absolute atomic E-state index is 0.162. The van der Waals surface area contributed by atoms with Crippen molar-refractivity contribution in [3.05, 3.63) is 71.7 Å². The Hall–Kier alpha value is -1.91. The molecule has 4 heteroatoms. The van der Waals surface area contributed by atoms with Crippen LogP contribution < -0.4 is 5.32 Å². The molecule has 2 nitrogen and oxygen atoms in total. The molecule has 2 heterocycles. The number of benzene rings is 2. The Labute approximate surface area is 139 Å². The van der Waals surface area contributed by atoms with Gasteiger partial charge in [-0.15, -0.1) is 11.8 Å². The zero-order valence-electron chi connectivity index (χ0n) is 12.6. The number of hydrogen-bond acceptors (Lipinski definition) is 3. The molecular weight excluding hydrogens is 307 g/mol. The number of halogens is 1. The van der Waals surface area contributed by atoms with Crippen molar-refractivity contribution in [2.75, 3.05) is 5.75 Å². The van der Waals surface area contributed by atoms with Crippen molar-refractivity contribution in [3.8, 4) is 0 Å². The Morgan fingerprint density at radius 3 is 3.04 bits per heavy atom. The van der Waals surface area contributed by atoms with Gasteiger partial charge in [-0.1, -0.05) is 24.3 Å². The Morgan fingerprint density at radius 2 is 2.09 bits per heavy atom. The molecule has 3 aromatic rings. The van der Waals surface area contributed by atoms with Crippen LogP contribution in [0, 0.1) is 5.82 Å². The number of pyridine rings is 1. The topological polar surface area (TPSA) is 24.9 Å². The van der Waals surface area contributed by atoms with E-state index in [9.17, 15) is 4.39 Å². The highest BCUT2D eigenvalue weighted by atomic mass is 32.2. The van der Waals surface area contributed by atoms with Gasteiger partial charge in [0.1, 0.15) is 5.82 Å². The number of hydrogen-bond donors (Lipinski definition) is 1. The number of para-hydroxylation sites is 1. The zero-order valence-corrected chi connectivity index (χ0v) is 13.4. The number of nitrogens with zero attached hydrogens (tertiary/aromatic N) is 1. The lowest BCUT2D eigenvalue weighted by molar-refractivity contribution is 0.505. The summed E-state index contributed by atoms with van der Waals surface area (Å²) in [7, 11) is 0. The molecule has 1 aliphatic heterocycles. The van der Waals surface area contributed by atoms with Crippen LogP contribution in [0.1, 0.15) is 23.6 Å². The second-order valence-electron chi connectivity index (χ2n) is 5.75. The average molecular weight is 324 g/mol. The van der Waals surface area contributed by atoms with E-state index in [-0.39, 0.29) is 11.9 Å². The zero-order chi connectivity index (χ0) is 15.6. The van der Waals surface area contributed by atoms with E-state index in [2.05, 4.69) is 34.6 Å². The van der Waals surface area contributed by atoms with E-state index < -0.39 is 0 Å². The van der Waals surface area contributed by atoms with Crippen molar-refractivity contribution in [1.29, 1.82) is 0 Å². The first-order valence-corrected chi connectivity index (χ1v) is 8.78. The van der Waals surface area contributed by atoms with Gasteiger partial charge in [-0.25, -0.2) is 4.39 Å². The summed E-state index contributed by atoms with van der Waals surface area (Å²) in [4.78, 5) is 5.69. The summed E-state index contributed by atoms with van der Waals surface area (Å²) in [6.07, 6.45) is 2.84. The number of thioether (sulfide) groups is 1. The monoisotopic (exact) mass is 324 g/mol. The first-order chi connectivity index (χ1) is 11.3. The molecule has 116 valence electrons. The summed E-state index contributed by atoms with van der Waals surface area (Å²) in [5, 5.41) is 4.74. The smallest absolute Gasteiger partial charge is 0.123 e. The molecule has 1 N–H and O–H groups in total. The number of aromatic nitrogens is 1. The Morgan fingerprint density at radius 1 is 1.17 bits per heavy atom. The summed E-state index contributed by atoms with van der Waals surface area (Å²) in [5.41, 5.74) is 3.29. The van der Waals surface area contributed by atoms with Crippen molar-refractivity contribution < 1.29 is 4.39 Å². The van der Waals surface area contributed by atoms with E-state index >= 15 is 0 Å². The number of rotatable bonds is 3. The third-order valence-electron chi connectivity index (χ3n) is 4.27. The predicted octanol–water partition coefficient (Wildman–Crippen LogP) is 4.70. The highest BCUT2D eigenvalue weighted by Gasteiger charge is 2.21. The Balaban J connectivity index is 1.59. The van der Waals surface area contributed by atoms with E-state index in [1.807, 2.05) is 18.3 Å². The van der Waals surface area contributed by atoms with Crippen molar-refractivity contribution in [2.45, 2.75) is 23.9 Å². The third kappa shape index (κ3) is 2.96. The van der Waals surface area contributed by atoms with Gasteiger partial charge in [-0.2, -0.15) is 0 Å². The van der Waals surface area contributed by atoms with E-state index in [0.29, 0.717) is 0 Å². The van der Waals surface area contributed by atoms with Gasteiger partial charge in [0.25, 0.3) is 0 Å². The fourth-order valence-electron chi connectivity index (χ4n) is 3.12. The van der Waals surface area contributed by atoms with Crippen molar-refractivity contribution in [1.82, 2.24) is 10.3 Å². The molecule has 4 rings (SSSR count). The predicted molar refractivity (Wildman–Crippen MR) is 93.1 cm³/mol. The van der Waals surface area contributed by atoms with Crippen LogP contribution in [0.2, 0.25) is 0 Å². The summed E-state index contributed by atoms with van der Waals surface area (Å²) >= 11 is 1.81. The molecule has 0 aliphatic carbocycles. The standard InChI is InChI=1S/C19H17FN2S/c20-15-6-7-18-16(11-15)17(8-10-23-18)22-12-14-4-1-3-13-5-2-9-21-19(13)14/h1-7,9,11,17,22H,8,10,12H2. The van der Waals surface area contributed by atoms with Crippen LogP contribution in [-0.2, 0) is 6.54 Å². The third-order valence-corrected chi connectivity index (χ3v) is 5.39. The van der Waals surface area contributed by atoms with Gasteiger partial charge in [0, 0.05) is 29.1 Å². The quantitative estimate of drug-likeness (QED) is 0.756. The van der Waals surface area contributed by atoms with Crippen molar-refractivity contribution in [2.24, 2.45) is 0 Å². The van der Waals surface area contributed by atoms with Crippen molar-refractivity contribution in [3.63, 3.8) is 0 Å². The van der Waals surface area contributed by atoms with E-state index in [0.717, 1.165) is 35.2 Å². The molecule has 2 aromatic carbocycles. The fraction of sp³-hybridized carbons (Fsp3) is 0.211. The van der Waals surface area contributed by atoms with Gasteiger partial charge < -0.3 is 5.32 Å². The maximum absolute atomic E-state index is 13.6. The first-order valence-electron chi connectivity index (χ1n) is 7.79.